The van der Waals surface area contributed by atoms with Crippen LogP contribution >= 0.6 is 0 Å². The fourth-order valence-electron chi connectivity index (χ4n) is 2.40. The molecule has 0 saturated carbocycles. The number of ether oxygens (including phenoxy) is 1. The van der Waals surface area contributed by atoms with Gasteiger partial charge in [0.15, 0.2) is 0 Å². The highest BCUT2D eigenvalue weighted by Gasteiger charge is 2.08. The average molecular weight is 319 g/mol. The van der Waals surface area contributed by atoms with Crippen molar-refractivity contribution in [2.24, 2.45) is 0 Å². The van der Waals surface area contributed by atoms with E-state index in [9.17, 15) is 9.59 Å². The molecule has 0 saturated heterocycles. The van der Waals surface area contributed by atoms with Crippen LogP contribution in [0, 0.1) is 0 Å². The minimum atomic E-state index is -0.365. The lowest BCUT2D eigenvalue weighted by atomic mass is 10.1. The third-order valence-corrected chi connectivity index (χ3v) is 3.66. The Bertz CT molecular complexity index is 485. The highest BCUT2D eigenvalue weighted by atomic mass is 16.5. The molecule has 0 radical (unpaired) electrons. The molecule has 0 unspecified atom stereocenters. The molecule has 0 fully saturated rings. The number of nitrogens with one attached hydrogen (secondary N) is 1. The molecule has 1 aromatic carbocycles. The van der Waals surface area contributed by atoms with Crippen LogP contribution in [0.25, 0.3) is 0 Å². The van der Waals surface area contributed by atoms with Crippen LogP contribution in [0.15, 0.2) is 24.3 Å². The fourth-order valence-corrected chi connectivity index (χ4v) is 2.40. The van der Waals surface area contributed by atoms with Crippen LogP contribution in [-0.4, -0.2) is 18.5 Å². The van der Waals surface area contributed by atoms with Crippen molar-refractivity contribution in [1.82, 2.24) is 0 Å². The maximum Gasteiger partial charge on any atom is 0.338 e. The second-order valence-corrected chi connectivity index (χ2v) is 5.72. The summed E-state index contributed by atoms with van der Waals surface area (Å²) < 4.78 is 4.96. The van der Waals surface area contributed by atoms with E-state index < -0.39 is 0 Å². The highest BCUT2D eigenvalue weighted by molar-refractivity contribution is 5.94. The first-order valence-corrected chi connectivity index (χ1v) is 8.74. The van der Waals surface area contributed by atoms with Gasteiger partial charge in [-0.15, -0.1) is 0 Å². The normalized spacial score (nSPS) is 10.3. The van der Waals surface area contributed by atoms with Crippen LogP contribution in [0.3, 0.4) is 0 Å². The monoisotopic (exact) mass is 319 g/mol. The number of unbranched alkanes of at least 4 members (excludes halogenated alkanes) is 6. The van der Waals surface area contributed by atoms with Gasteiger partial charge in [-0.3, -0.25) is 4.79 Å². The minimum Gasteiger partial charge on any atom is -0.462 e. The van der Waals surface area contributed by atoms with Gasteiger partial charge in [0.2, 0.25) is 5.91 Å². The molecule has 1 aromatic rings. The molecular weight excluding hydrogens is 290 g/mol. The Balaban J connectivity index is 2.28. The van der Waals surface area contributed by atoms with Crippen molar-refractivity contribution in [2.45, 2.75) is 65.2 Å². The molecule has 4 heteroatoms. The summed E-state index contributed by atoms with van der Waals surface area (Å²) in [5, 5.41) is 2.84. The number of amides is 1. The second kappa shape index (κ2) is 11.7. The Hall–Kier alpha value is -1.84. The number of rotatable bonds is 11. The lowest BCUT2D eigenvalue weighted by Gasteiger charge is -2.07. The van der Waals surface area contributed by atoms with Crippen LogP contribution in [0.2, 0.25) is 0 Å². The van der Waals surface area contributed by atoms with Gasteiger partial charge in [-0.1, -0.05) is 51.5 Å². The molecule has 0 spiro atoms. The molecule has 0 aliphatic rings. The summed E-state index contributed by atoms with van der Waals surface area (Å²) >= 11 is 0. The van der Waals surface area contributed by atoms with Crippen molar-refractivity contribution in [1.29, 1.82) is 0 Å². The maximum atomic E-state index is 11.9. The third-order valence-electron chi connectivity index (χ3n) is 3.66. The molecule has 128 valence electrons. The maximum absolute atomic E-state index is 11.9. The number of esters is 1. The summed E-state index contributed by atoms with van der Waals surface area (Å²) in [6, 6.07) is 6.87. The minimum absolute atomic E-state index is 0.000401. The lowest BCUT2D eigenvalue weighted by Crippen LogP contribution is -2.12. The number of carbonyl (C=O) groups is 2. The van der Waals surface area contributed by atoms with E-state index in [4.69, 9.17) is 4.74 Å². The summed E-state index contributed by atoms with van der Waals surface area (Å²) in [7, 11) is 0. The van der Waals surface area contributed by atoms with Gasteiger partial charge in [0, 0.05) is 12.1 Å². The molecule has 1 amide bonds. The number of benzene rings is 1. The summed E-state index contributed by atoms with van der Waals surface area (Å²) in [5.41, 5.74) is 1.10. The summed E-state index contributed by atoms with van der Waals surface area (Å²) in [6.45, 7) is 4.32. The van der Waals surface area contributed by atoms with Gasteiger partial charge in [0.1, 0.15) is 0 Å². The first-order chi connectivity index (χ1) is 11.2. The first kappa shape index (κ1) is 19.2. The summed E-state index contributed by atoms with van der Waals surface area (Å²) in [6.07, 6.45) is 8.85. The molecule has 0 aromatic heterocycles. The zero-order valence-corrected chi connectivity index (χ0v) is 14.4. The standard InChI is InChI=1S/C19H29NO3/c1-3-5-6-7-8-9-10-14-18(21)20-17-13-11-12-16(15-17)19(22)23-4-2/h11-13,15H,3-10,14H2,1-2H3,(H,20,21). The van der Waals surface area contributed by atoms with E-state index in [0.29, 0.717) is 24.3 Å². The van der Waals surface area contributed by atoms with Crippen LogP contribution in [0.1, 0.15) is 75.6 Å². The molecule has 0 aliphatic carbocycles. The predicted octanol–water partition coefficient (Wildman–Crippen LogP) is 4.94. The van der Waals surface area contributed by atoms with E-state index in [2.05, 4.69) is 12.2 Å². The van der Waals surface area contributed by atoms with Gasteiger partial charge < -0.3 is 10.1 Å². The zero-order valence-electron chi connectivity index (χ0n) is 14.4. The smallest absolute Gasteiger partial charge is 0.338 e. The van der Waals surface area contributed by atoms with E-state index in [-0.39, 0.29) is 11.9 Å². The van der Waals surface area contributed by atoms with E-state index in [1.54, 1.807) is 31.2 Å². The fraction of sp³-hybridized carbons (Fsp3) is 0.579. The van der Waals surface area contributed by atoms with Gasteiger partial charge in [-0.25, -0.2) is 4.79 Å². The van der Waals surface area contributed by atoms with E-state index >= 15 is 0 Å². The number of carbonyl (C=O) groups excluding carboxylic acids is 2. The Morgan fingerprint density at radius 3 is 2.39 bits per heavy atom. The molecular formula is C19H29NO3. The predicted molar refractivity (Wildman–Crippen MR) is 93.6 cm³/mol. The third kappa shape index (κ3) is 8.38. The van der Waals surface area contributed by atoms with Gasteiger partial charge in [0.05, 0.1) is 12.2 Å². The Labute approximate surface area is 139 Å². The summed E-state index contributed by atoms with van der Waals surface area (Å²) in [5.74, 6) is -0.366. The van der Waals surface area contributed by atoms with Crippen molar-refractivity contribution in [2.75, 3.05) is 11.9 Å². The quantitative estimate of drug-likeness (QED) is 0.464. The van der Waals surface area contributed by atoms with Crippen LogP contribution < -0.4 is 5.32 Å². The van der Waals surface area contributed by atoms with Gasteiger partial charge in [-0.05, 0) is 31.5 Å². The zero-order chi connectivity index (χ0) is 16.9. The van der Waals surface area contributed by atoms with E-state index in [1.165, 1.54) is 32.1 Å². The Morgan fingerprint density at radius 2 is 1.70 bits per heavy atom. The molecule has 1 N–H and O–H groups in total. The number of anilines is 1. The van der Waals surface area contributed by atoms with Gasteiger partial charge in [-0.2, -0.15) is 0 Å². The number of hydrogen-bond acceptors (Lipinski definition) is 3. The van der Waals surface area contributed by atoms with Crippen molar-refractivity contribution < 1.29 is 14.3 Å². The van der Waals surface area contributed by atoms with Crippen LogP contribution in [0.4, 0.5) is 5.69 Å². The molecule has 1 rings (SSSR count). The number of hydrogen-bond donors (Lipinski definition) is 1. The van der Waals surface area contributed by atoms with Gasteiger partial charge in [0.25, 0.3) is 0 Å². The van der Waals surface area contributed by atoms with Crippen LogP contribution in [-0.2, 0) is 9.53 Å². The van der Waals surface area contributed by atoms with Crippen molar-refractivity contribution >= 4 is 17.6 Å². The molecule has 0 heterocycles. The highest BCUT2D eigenvalue weighted by Crippen LogP contribution is 2.13. The summed E-state index contributed by atoms with van der Waals surface area (Å²) in [4.78, 5) is 23.6. The second-order valence-electron chi connectivity index (χ2n) is 5.72. The Kier molecular flexibility index (Phi) is 9.76. The average Bonchev–Trinajstić information content (AvgIpc) is 2.54. The van der Waals surface area contributed by atoms with E-state index in [0.717, 1.165) is 12.8 Å². The molecule has 0 bridgehead atoms. The van der Waals surface area contributed by atoms with Crippen LogP contribution in [0.5, 0.6) is 0 Å². The van der Waals surface area contributed by atoms with Gasteiger partial charge >= 0.3 is 5.97 Å². The lowest BCUT2D eigenvalue weighted by molar-refractivity contribution is -0.116. The molecule has 0 aliphatic heterocycles. The molecule has 23 heavy (non-hydrogen) atoms. The van der Waals surface area contributed by atoms with E-state index in [1.807, 2.05) is 0 Å². The SMILES string of the molecule is CCCCCCCCCC(=O)Nc1cccc(C(=O)OCC)c1. The first-order valence-electron chi connectivity index (χ1n) is 8.74. The largest absolute Gasteiger partial charge is 0.462 e. The molecule has 4 nitrogen and oxygen atoms in total. The Morgan fingerprint density at radius 1 is 1.00 bits per heavy atom. The van der Waals surface area contributed by atoms with Crippen molar-refractivity contribution in [3.05, 3.63) is 29.8 Å². The topological polar surface area (TPSA) is 55.4 Å². The van der Waals surface area contributed by atoms with Crippen molar-refractivity contribution in [3.8, 4) is 0 Å². The molecule has 0 atom stereocenters. The van der Waals surface area contributed by atoms with Crippen molar-refractivity contribution in [3.63, 3.8) is 0 Å².